The number of hydrogen-bond donors (Lipinski definition) is 1. The lowest BCUT2D eigenvalue weighted by Crippen LogP contribution is -2.10. The first-order chi connectivity index (χ1) is 5.24. The summed E-state index contributed by atoms with van der Waals surface area (Å²) in [4.78, 5) is 6.03. The van der Waals surface area contributed by atoms with Gasteiger partial charge in [0.05, 0.1) is 5.69 Å². The zero-order chi connectivity index (χ0) is 8.27. The molecule has 0 unspecified atom stereocenters. The third-order valence-electron chi connectivity index (χ3n) is 1.28. The van der Waals surface area contributed by atoms with Crippen LogP contribution >= 0.6 is 0 Å². The first kappa shape index (κ1) is 8.07. The molecule has 4 heteroatoms. The summed E-state index contributed by atoms with van der Waals surface area (Å²) < 4.78 is 5.15. The van der Waals surface area contributed by atoms with E-state index >= 15 is 0 Å². The highest BCUT2D eigenvalue weighted by molar-refractivity contribution is 5.23. The molecule has 0 radical (unpaired) electrons. The monoisotopic (exact) mass is 155 g/mol. The van der Waals surface area contributed by atoms with Gasteiger partial charge in [-0.3, -0.25) is 0 Å². The summed E-state index contributed by atoms with van der Waals surface area (Å²) >= 11 is 0. The standard InChI is InChI=1S/C7H13N3O/c1-8-4-6-5-11-7(9-6)10(2)3/h5,8H,4H2,1-3H3. The Bertz CT molecular complexity index is 219. The van der Waals surface area contributed by atoms with Crippen LogP contribution < -0.4 is 10.2 Å². The zero-order valence-electron chi connectivity index (χ0n) is 7.09. The molecule has 0 atom stereocenters. The number of anilines is 1. The molecule has 0 spiro atoms. The molecule has 1 rings (SSSR count). The predicted octanol–water partition coefficient (Wildman–Crippen LogP) is 0.460. The van der Waals surface area contributed by atoms with Crippen LogP contribution in [-0.2, 0) is 6.54 Å². The Morgan fingerprint density at radius 3 is 2.82 bits per heavy atom. The minimum atomic E-state index is 0.648. The summed E-state index contributed by atoms with van der Waals surface area (Å²) in [6, 6.07) is 0.648. The van der Waals surface area contributed by atoms with Crippen molar-refractivity contribution in [1.82, 2.24) is 10.3 Å². The first-order valence-electron chi connectivity index (χ1n) is 3.50. The molecule has 0 amide bonds. The van der Waals surface area contributed by atoms with Crippen molar-refractivity contribution in [2.45, 2.75) is 6.54 Å². The van der Waals surface area contributed by atoms with Gasteiger partial charge in [-0.1, -0.05) is 0 Å². The molecule has 1 aromatic rings. The largest absolute Gasteiger partial charge is 0.432 e. The van der Waals surface area contributed by atoms with Crippen molar-refractivity contribution in [3.05, 3.63) is 12.0 Å². The molecule has 0 bridgehead atoms. The lowest BCUT2D eigenvalue weighted by Gasteiger charge is -2.03. The highest BCUT2D eigenvalue weighted by atomic mass is 16.4. The fourth-order valence-corrected chi connectivity index (χ4v) is 0.764. The maximum Gasteiger partial charge on any atom is 0.296 e. The van der Waals surface area contributed by atoms with Gasteiger partial charge < -0.3 is 14.6 Å². The molecule has 0 aromatic carbocycles. The second-order valence-corrected chi connectivity index (χ2v) is 2.55. The van der Waals surface area contributed by atoms with E-state index in [0.29, 0.717) is 6.01 Å². The zero-order valence-corrected chi connectivity index (χ0v) is 7.09. The van der Waals surface area contributed by atoms with Gasteiger partial charge in [0.1, 0.15) is 6.26 Å². The molecule has 1 N–H and O–H groups in total. The van der Waals surface area contributed by atoms with Crippen LogP contribution in [0.2, 0.25) is 0 Å². The normalized spacial score (nSPS) is 10.1. The maximum absolute atomic E-state index is 5.15. The van der Waals surface area contributed by atoms with E-state index < -0.39 is 0 Å². The molecule has 1 heterocycles. The van der Waals surface area contributed by atoms with Crippen molar-refractivity contribution >= 4 is 6.01 Å². The van der Waals surface area contributed by atoms with Gasteiger partial charge in [0.15, 0.2) is 0 Å². The summed E-state index contributed by atoms with van der Waals surface area (Å²) in [5.74, 6) is 0. The van der Waals surface area contributed by atoms with Crippen LogP contribution in [0.25, 0.3) is 0 Å². The van der Waals surface area contributed by atoms with Crippen molar-refractivity contribution in [3.63, 3.8) is 0 Å². The number of nitrogens with one attached hydrogen (secondary N) is 1. The van der Waals surface area contributed by atoms with E-state index in [4.69, 9.17) is 4.42 Å². The first-order valence-corrected chi connectivity index (χ1v) is 3.50. The van der Waals surface area contributed by atoms with Crippen LogP contribution in [0.1, 0.15) is 5.69 Å². The van der Waals surface area contributed by atoms with Gasteiger partial charge >= 0.3 is 0 Å². The van der Waals surface area contributed by atoms with Gasteiger partial charge in [0, 0.05) is 20.6 Å². The van der Waals surface area contributed by atoms with Gasteiger partial charge in [0.25, 0.3) is 6.01 Å². The second-order valence-electron chi connectivity index (χ2n) is 2.55. The molecule has 62 valence electrons. The van der Waals surface area contributed by atoms with Crippen LogP contribution in [0, 0.1) is 0 Å². The number of rotatable bonds is 3. The molecule has 0 aliphatic rings. The molecule has 0 fully saturated rings. The van der Waals surface area contributed by atoms with E-state index in [1.165, 1.54) is 0 Å². The van der Waals surface area contributed by atoms with E-state index in [9.17, 15) is 0 Å². The Labute approximate surface area is 66.2 Å². The lowest BCUT2D eigenvalue weighted by molar-refractivity contribution is 0.554. The predicted molar refractivity (Wildman–Crippen MR) is 43.6 cm³/mol. The van der Waals surface area contributed by atoms with Gasteiger partial charge in [-0.25, -0.2) is 0 Å². The molecule has 0 aliphatic heterocycles. The van der Waals surface area contributed by atoms with Crippen molar-refractivity contribution < 1.29 is 4.42 Å². The average Bonchev–Trinajstić information content (AvgIpc) is 2.37. The van der Waals surface area contributed by atoms with Gasteiger partial charge in [-0.05, 0) is 7.05 Å². The van der Waals surface area contributed by atoms with Crippen LogP contribution in [0.15, 0.2) is 10.7 Å². The molecule has 0 aliphatic carbocycles. The summed E-state index contributed by atoms with van der Waals surface area (Å²) in [7, 11) is 5.67. The number of oxazole rings is 1. The molecular weight excluding hydrogens is 142 g/mol. The molecule has 0 saturated carbocycles. The van der Waals surface area contributed by atoms with Crippen molar-refractivity contribution in [3.8, 4) is 0 Å². The van der Waals surface area contributed by atoms with E-state index in [-0.39, 0.29) is 0 Å². The second kappa shape index (κ2) is 3.39. The van der Waals surface area contributed by atoms with Gasteiger partial charge in [0.2, 0.25) is 0 Å². The molecule has 0 saturated heterocycles. The van der Waals surface area contributed by atoms with Crippen LogP contribution in [0.4, 0.5) is 6.01 Å². The summed E-state index contributed by atoms with van der Waals surface area (Å²) in [6.45, 7) is 0.747. The highest BCUT2D eigenvalue weighted by Gasteiger charge is 2.03. The number of aromatic nitrogens is 1. The number of hydrogen-bond acceptors (Lipinski definition) is 4. The Morgan fingerprint density at radius 1 is 1.64 bits per heavy atom. The van der Waals surface area contributed by atoms with Gasteiger partial charge in [-0.2, -0.15) is 4.98 Å². The Balaban J connectivity index is 2.66. The molecule has 11 heavy (non-hydrogen) atoms. The summed E-state index contributed by atoms with van der Waals surface area (Å²) in [6.07, 6.45) is 1.66. The van der Waals surface area contributed by atoms with Crippen LogP contribution in [-0.4, -0.2) is 26.1 Å². The SMILES string of the molecule is CNCc1coc(N(C)C)n1. The molecule has 1 aromatic heterocycles. The third-order valence-corrected chi connectivity index (χ3v) is 1.28. The van der Waals surface area contributed by atoms with Crippen molar-refractivity contribution in [2.75, 3.05) is 26.0 Å². The topological polar surface area (TPSA) is 41.3 Å². The highest BCUT2D eigenvalue weighted by Crippen LogP contribution is 2.09. The summed E-state index contributed by atoms with van der Waals surface area (Å²) in [5, 5.41) is 3.00. The number of nitrogens with zero attached hydrogens (tertiary/aromatic N) is 2. The fraction of sp³-hybridized carbons (Fsp3) is 0.571. The van der Waals surface area contributed by atoms with E-state index in [0.717, 1.165) is 12.2 Å². The fourth-order valence-electron chi connectivity index (χ4n) is 0.764. The maximum atomic E-state index is 5.15. The van der Waals surface area contributed by atoms with Crippen LogP contribution in [0.3, 0.4) is 0 Å². The smallest absolute Gasteiger partial charge is 0.296 e. The molecule has 4 nitrogen and oxygen atoms in total. The average molecular weight is 155 g/mol. The van der Waals surface area contributed by atoms with Crippen molar-refractivity contribution in [2.24, 2.45) is 0 Å². The van der Waals surface area contributed by atoms with Crippen molar-refractivity contribution in [1.29, 1.82) is 0 Å². The van der Waals surface area contributed by atoms with Gasteiger partial charge in [-0.15, -0.1) is 0 Å². The minimum absolute atomic E-state index is 0.648. The minimum Gasteiger partial charge on any atom is -0.432 e. The Hall–Kier alpha value is -1.03. The Morgan fingerprint density at radius 2 is 2.36 bits per heavy atom. The van der Waals surface area contributed by atoms with E-state index in [1.807, 2.05) is 26.0 Å². The summed E-state index contributed by atoms with van der Waals surface area (Å²) in [5.41, 5.74) is 0.927. The van der Waals surface area contributed by atoms with E-state index in [2.05, 4.69) is 10.3 Å². The Kier molecular flexibility index (Phi) is 2.48. The van der Waals surface area contributed by atoms with E-state index in [1.54, 1.807) is 6.26 Å². The third kappa shape index (κ3) is 1.94. The van der Waals surface area contributed by atoms with Crippen LogP contribution in [0.5, 0.6) is 0 Å². The molecular formula is C7H13N3O. The quantitative estimate of drug-likeness (QED) is 0.688. The lowest BCUT2D eigenvalue weighted by atomic mass is 10.5.